The average Bonchev–Trinajstić information content (AvgIpc) is 3.50. The summed E-state index contributed by atoms with van der Waals surface area (Å²) in [5.74, 6) is 1.39. The Bertz CT molecular complexity index is 1510. The maximum absolute atomic E-state index is 5.66. The van der Waals surface area contributed by atoms with Gasteiger partial charge in [-0.05, 0) is 29.3 Å². The Morgan fingerprint density at radius 2 is 1.36 bits per heavy atom. The number of rotatable bonds is 4. The molecule has 0 unspecified atom stereocenters. The van der Waals surface area contributed by atoms with Crippen LogP contribution in [0.3, 0.4) is 0 Å². The van der Waals surface area contributed by atoms with Gasteiger partial charge >= 0.3 is 0 Å². The van der Waals surface area contributed by atoms with Crippen LogP contribution in [0.2, 0.25) is 0 Å². The Kier molecular flexibility index (Phi) is 4.58. The molecule has 0 atom stereocenters. The number of benzene rings is 4. The van der Waals surface area contributed by atoms with Gasteiger partial charge in [0.05, 0.1) is 5.69 Å². The minimum absolute atomic E-state index is 0.643. The van der Waals surface area contributed by atoms with Crippen molar-refractivity contribution in [1.29, 1.82) is 0 Å². The average molecular weight is 428 g/mol. The summed E-state index contributed by atoms with van der Waals surface area (Å²) in [6, 6.07) is 33.0. The monoisotopic (exact) mass is 428 g/mol. The molecule has 6 aromatic rings. The van der Waals surface area contributed by atoms with Crippen LogP contribution in [0.15, 0.2) is 108 Å². The topological polar surface area (TPSA) is 56.7 Å². The molecule has 0 radical (unpaired) electrons. The summed E-state index contributed by atoms with van der Waals surface area (Å²) >= 11 is 0. The Labute approximate surface area is 191 Å². The Morgan fingerprint density at radius 1 is 0.697 bits per heavy atom. The number of oxazole rings is 1. The second-order valence-corrected chi connectivity index (χ2v) is 7.84. The van der Waals surface area contributed by atoms with Gasteiger partial charge in [0, 0.05) is 23.6 Å². The number of hydrogen-bond acceptors (Lipinski definition) is 4. The number of fused-ring (bicyclic) bond motifs is 1. The summed E-state index contributed by atoms with van der Waals surface area (Å²) in [5, 5.41) is 4.68. The molecule has 158 valence electrons. The molecule has 0 N–H and O–H groups in total. The maximum Gasteiger partial charge on any atom is 0.192 e. The fourth-order valence-electron chi connectivity index (χ4n) is 4.26. The summed E-state index contributed by atoms with van der Waals surface area (Å²) in [4.78, 5) is 9.13. The van der Waals surface area contributed by atoms with E-state index in [2.05, 4.69) is 81.8 Å². The van der Waals surface area contributed by atoms with Crippen molar-refractivity contribution in [3.05, 3.63) is 109 Å². The van der Waals surface area contributed by atoms with Crippen molar-refractivity contribution < 1.29 is 4.42 Å². The molecule has 4 aromatic carbocycles. The summed E-state index contributed by atoms with van der Waals surface area (Å²) in [5.41, 5.74) is 7.89. The Hall–Kier alpha value is -4.51. The number of aryl methyl sites for hydroxylation is 1. The number of para-hydroxylation sites is 1. The van der Waals surface area contributed by atoms with Gasteiger partial charge < -0.3 is 4.42 Å². The highest BCUT2D eigenvalue weighted by Gasteiger charge is 2.19. The summed E-state index contributed by atoms with van der Waals surface area (Å²) in [6.07, 6.45) is 1.60. The highest BCUT2D eigenvalue weighted by molar-refractivity contribution is 5.87. The Balaban J connectivity index is 1.62. The van der Waals surface area contributed by atoms with E-state index in [-0.39, 0.29) is 0 Å². The third kappa shape index (κ3) is 3.40. The molecule has 0 aliphatic carbocycles. The van der Waals surface area contributed by atoms with Crippen molar-refractivity contribution in [2.24, 2.45) is 0 Å². The second-order valence-electron chi connectivity index (χ2n) is 7.84. The third-order valence-corrected chi connectivity index (χ3v) is 5.72. The SMILES string of the molecule is Cc1nc2cc(-c3ncnn3-c3c(-c4ccccc4)cccc3-c3ccccc3)ccc2o1. The van der Waals surface area contributed by atoms with Crippen LogP contribution in [0.25, 0.3) is 50.4 Å². The third-order valence-electron chi connectivity index (χ3n) is 5.72. The van der Waals surface area contributed by atoms with E-state index in [1.807, 2.05) is 41.9 Å². The first-order chi connectivity index (χ1) is 16.3. The molecule has 0 aliphatic rings. The number of nitrogens with zero attached hydrogens (tertiary/aromatic N) is 4. The zero-order chi connectivity index (χ0) is 22.2. The van der Waals surface area contributed by atoms with Crippen LogP contribution in [0.5, 0.6) is 0 Å². The molecule has 2 aromatic heterocycles. The van der Waals surface area contributed by atoms with Crippen LogP contribution in [-0.4, -0.2) is 19.7 Å². The molecule has 6 rings (SSSR count). The fraction of sp³-hybridized carbons (Fsp3) is 0.0357. The van der Waals surface area contributed by atoms with Gasteiger partial charge in [-0.1, -0.05) is 78.9 Å². The van der Waals surface area contributed by atoms with Crippen molar-refractivity contribution in [1.82, 2.24) is 19.7 Å². The lowest BCUT2D eigenvalue weighted by molar-refractivity contribution is 0.561. The molecular formula is C28H20N4O. The lowest BCUT2D eigenvalue weighted by Crippen LogP contribution is -2.04. The lowest BCUT2D eigenvalue weighted by atomic mass is 9.96. The molecule has 2 heterocycles. The van der Waals surface area contributed by atoms with E-state index in [9.17, 15) is 0 Å². The quantitative estimate of drug-likeness (QED) is 0.313. The van der Waals surface area contributed by atoms with E-state index >= 15 is 0 Å². The van der Waals surface area contributed by atoms with E-state index in [1.165, 1.54) is 0 Å². The van der Waals surface area contributed by atoms with Crippen LogP contribution in [0, 0.1) is 6.92 Å². The van der Waals surface area contributed by atoms with Gasteiger partial charge in [0.25, 0.3) is 0 Å². The lowest BCUT2D eigenvalue weighted by Gasteiger charge is -2.17. The molecule has 33 heavy (non-hydrogen) atoms. The molecule has 0 amide bonds. The maximum atomic E-state index is 5.66. The van der Waals surface area contributed by atoms with Crippen molar-refractivity contribution in [3.63, 3.8) is 0 Å². The highest BCUT2D eigenvalue weighted by atomic mass is 16.3. The van der Waals surface area contributed by atoms with Crippen LogP contribution in [0.4, 0.5) is 0 Å². The first kappa shape index (κ1) is 19.2. The van der Waals surface area contributed by atoms with E-state index in [4.69, 9.17) is 4.42 Å². The fourth-order valence-corrected chi connectivity index (χ4v) is 4.26. The minimum Gasteiger partial charge on any atom is -0.441 e. The Morgan fingerprint density at radius 3 is 2.03 bits per heavy atom. The minimum atomic E-state index is 0.643. The molecule has 0 saturated heterocycles. The van der Waals surface area contributed by atoms with Gasteiger partial charge in [0.15, 0.2) is 17.3 Å². The van der Waals surface area contributed by atoms with Crippen LogP contribution >= 0.6 is 0 Å². The van der Waals surface area contributed by atoms with E-state index < -0.39 is 0 Å². The predicted molar refractivity (Wildman–Crippen MR) is 130 cm³/mol. The van der Waals surface area contributed by atoms with Crippen LogP contribution in [-0.2, 0) is 0 Å². The smallest absolute Gasteiger partial charge is 0.192 e. The summed E-state index contributed by atoms with van der Waals surface area (Å²) in [6.45, 7) is 1.85. The van der Waals surface area contributed by atoms with Gasteiger partial charge in [-0.2, -0.15) is 5.10 Å². The van der Waals surface area contributed by atoms with Gasteiger partial charge in [-0.15, -0.1) is 0 Å². The number of hydrogen-bond donors (Lipinski definition) is 0. The molecule has 0 spiro atoms. The first-order valence-corrected chi connectivity index (χ1v) is 10.8. The van der Waals surface area contributed by atoms with E-state index in [0.29, 0.717) is 5.89 Å². The highest BCUT2D eigenvalue weighted by Crippen LogP contribution is 2.37. The largest absolute Gasteiger partial charge is 0.441 e. The van der Waals surface area contributed by atoms with E-state index in [1.54, 1.807) is 6.33 Å². The predicted octanol–water partition coefficient (Wildman–Crippen LogP) is 6.72. The summed E-state index contributed by atoms with van der Waals surface area (Å²) in [7, 11) is 0. The molecule has 5 nitrogen and oxygen atoms in total. The molecular weight excluding hydrogens is 408 g/mol. The van der Waals surface area contributed by atoms with Gasteiger partial charge in [-0.3, -0.25) is 0 Å². The second kappa shape index (κ2) is 7.88. The molecule has 0 bridgehead atoms. The zero-order valence-electron chi connectivity index (χ0n) is 18.0. The van der Waals surface area contributed by atoms with Gasteiger partial charge in [-0.25, -0.2) is 14.6 Å². The normalized spacial score (nSPS) is 11.2. The standard InChI is InChI=1S/C28H20N4O/c1-19-31-25-17-22(15-16-26(25)33-19)28-29-18-30-32(28)27-23(20-9-4-2-5-10-20)13-8-14-24(27)21-11-6-3-7-12-21/h2-18H,1H3. The van der Waals surface area contributed by atoms with Gasteiger partial charge in [0.1, 0.15) is 11.8 Å². The summed E-state index contributed by atoms with van der Waals surface area (Å²) < 4.78 is 7.58. The molecule has 0 saturated carbocycles. The zero-order valence-corrected chi connectivity index (χ0v) is 18.0. The first-order valence-electron chi connectivity index (χ1n) is 10.8. The van der Waals surface area contributed by atoms with Crippen LogP contribution < -0.4 is 0 Å². The van der Waals surface area contributed by atoms with Crippen molar-refractivity contribution in [3.8, 4) is 39.3 Å². The number of aromatic nitrogens is 4. The molecule has 0 aliphatic heterocycles. The van der Waals surface area contributed by atoms with Gasteiger partial charge in [0.2, 0.25) is 0 Å². The molecule has 5 heteroatoms. The van der Waals surface area contributed by atoms with Crippen molar-refractivity contribution >= 4 is 11.1 Å². The van der Waals surface area contributed by atoms with Crippen molar-refractivity contribution in [2.75, 3.05) is 0 Å². The van der Waals surface area contributed by atoms with E-state index in [0.717, 1.165) is 50.4 Å². The molecule has 0 fully saturated rings. The van der Waals surface area contributed by atoms with Crippen LogP contribution in [0.1, 0.15) is 5.89 Å². The van der Waals surface area contributed by atoms with Crippen molar-refractivity contribution in [2.45, 2.75) is 6.92 Å².